The third-order valence-electron chi connectivity index (χ3n) is 4.12. The molecule has 0 unspecified atom stereocenters. The number of nitrogens with zero attached hydrogens (tertiary/aromatic N) is 3. The first kappa shape index (κ1) is 19.3. The SMILES string of the molecule is CSc1nsc(NCC(=O)c2ccc(S(=O)(=O)N3CCCCC3)cc2)n1. The minimum atomic E-state index is -3.47. The topological polar surface area (TPSA) is 92.3 Å². The number of anilines is 1. The summed E-state index contributed by atoms with van der Waals surface area (Å²) in [5.74, 6) is -0.132. The van der Waals surface area contributed by atoms with Crippen LogP contribution < -0.4 is 5.32 Å². The van der Waals surface area contributed by atoms with Crippen LogP contribution in [0.1, 0.15) is 29.6 Å². The number of Topliss-reactive ketones (excluding diaryl/α,β-unsaturated/α-hetero) is 1. The lowest BCUT2D eigenvalue weighted by atomic mass is 10.1. The Kier molecular flexibility index (Phi) is 6.28. The Morgan fingerprint density at radius 2 is 1.92 bits per heavy atom. The van der Waals surface area contributed by atoms with Gasteiger partial charge < -0.3 is 5.32 Å². The summed E-state index contributed by atoms with van der Waals surface area (Å²) in [5, 5.41) is 4.20. The second-order valence-electron chi connectivity index (χ2n) is 5.85. The average molecular weight is 413 g/mol. The van der Waals surface area contributed by atoms with Crippen molar-refractivity contribution in [1.82, 2.24) is 13.7 Å². The second kappa shape index (κ2) is 8.47. The van der Waals surface area contributed by atoms with Gasteiger partial charge in [0.1, 0.15) is 0 Å². The minimum Gasteiger partial charge on any atom is -0.353 e. The number of sulfonamides is 1. The van der Waals surface area contributed by atoms with Crippen molar-refractivity contribution in [2.45, 2.75) is 29.3 Å². The fourth-order valence-corrected chi connectivity index (χ4v) is 5.33. The van der Waals surface area contributed by atoms with E-state index in [1.807, 2.05) is 6.26 Å². The van der Waals surface area contributed by atoms with Gasteiger partial charge in [0, 0.05) is 30.2 Å². The summed E-state index contributed by atoms with van der Waals surface area (Å²) in [7, 11) is -3.47. The molecule has 10 heteroatoms. The average Bonchev–Trinajstić information content (AvgIpc) is 3.15. The van der Waals surface area contributed by atoms with Crippen LogP contribution in [-0.2, 0) is 10.0 Å². The molecule has 26 heavy (non-hydrogen) atoms. The fraction of sp³-hybridized carbons (Fsp3) is 0.438. The Balaban J connectivity index is 1.63. The summed E-state index contributed by atoms with van der Waals surface area (Å²) in [5.41, 5.74) is 0.463. The number of carbonyl (C=O) groups is 1. The minimum absolute atomic E-state index is 0.0846. The predicted octanol–water partition coefficient (Wildman–Crippen LogP) is 2.73. The smallest absolute Gasteiger partial charge is 0.243 e. The number of carbonyl (C=O) groups excluding carboxylic acids is 1. The van der Waals surface area contributed by atoms with Crippen molar-refractivity contribution >= 4 is 44.2 Å². The lowest BCUT2D eigenvalue weighted by molar-refractivity contribution is 0.101. The highest BCUT2D eigenvalue weighted by Gasteiger charge is 2.25. The van der Waals surface area contributed by atoms with Crippen molar-refractivity contribution in [1.29, 1.82) is 0 Å². The van der Waals surface area contributed by atoms with Crippen molar-refractivity contribution in [2.75, 3.05) is 31.2 Å². The summed E-state index contributed by atoms with van der Waals surface area (Å²) in [6.45, 7) is 1.21. The molecule has 1 fully saturated rings. The maximum Gasteiger partial charge on any atom is 0.243 e. The van der Waals surface area contributed by atoms with Crippen LogP contribution in [0.5, 0.6) is 0 Å². The molecule has 0 bridgehead atoms. The molecule has 1 aliphatic rings. The summed E-state index contributed by atoms with van der Waals surface area (Å²) in [6, 6.07) is 6.14. The van der Waals surface area contributed by atoms with Crippen molar-refractivity contribution < 1.29 is 13.2 Å². The molecular weight excluding hydrogens is 392 g/mol. The van der Waals surface area contributed by atoms with E-state index in [2.05, 4.69) is 14.7 Å². The Bertz CT molecular complexity index is 859. The van der Waals surface area contributed by atoms with Gasteiger partial charge in [-0.2, -0.15) is 13.7 Å². The standard InChI is InChI=1S/C16H20N4O3S3/c1-24-16-18-15(25-19-16)17-11-14(21)12-5-7-13(8-6-12)26(22,23)20-9-3-2-4-10-20/h5-8H,2-4,9-11H2,1H3,(H,17,18,19). The number of thioether (sulfide) groups is 1. The van der Waals surface area contributed by atoms with E-state index >= 15 is 0 Å². The number of rotatable bonds is 7. The zero-order valence-electron chi connectivity index (χ0n) is 14.3. The number of aromatic nitrogens is 2. The third kappa shape index (κ3) is 4.43. The van der Waals surface area contributed by atoms with E-state index in [-0.39, 0.29) is 17.2 Å². The van der Waals surface area contributed by atoms with Crippen LogP contribution in [0.2, 0.25) is 0 Å². The van der Waals surface area contributed by atoms with Gasteiger partial charge in [0.05, 0.1) is 11.4 Å². The molecule has 0 radical (unpaired) electrons. The Labute approximate surface area is 161 Å². The van der Waals surface area contributed by atoms with Crippen LogP contribution in [-0.4, -0.2) is 53.8 Å². The highest BCUT2D eigenvalue weighted by molar-refractivity contribution is 7.98. The van der Waals surface area contributed by atoms with Crippen LogP contribution in [0.25, 0.3) is 0 Å². The van der Waals surface area contributed by atoms with Crippen molar-refractivity contribution in [2.24, 2.45) is 0 Å². The van der Waals surface area contributed by atoms with E-state index in [0.29, 0.717) is 28.9 Å². The first-order chi connectivity index (χ1) is 12.5. The number of benzene rings is 1. The van der Waals surface area contributed by atoms with Gasteiger partial charge in [0.15, 0.2) is 5.78 Å². The van der Waals surface area contributed by atoms with Gasteiger partial charge in [-0.05, 0) is 43.4 Å². The normalized spacial score (nSPS) is 15.7. The van der Waals surface area contributed by atoms with Crippen molar-refractivity contribution in [3.63, 3.8) is 0 Å². The van der Waals surface area contributed by atoms with E-state index in [1.54, 1.807) is 12.1 Å². The lowest BCUT2D eigenvalue weighted by Crippen LogP contribution is -2.35. The lowest BCUT2D eigenvalue weighted by Gasteiger charge is -2.25. The van der Waals surface area contributed by atoms with Gasteiger partial charge in [-0.15, -0.1) is 0 Å². The molecule has 2 heterocycles. The van der Waals surface area contributed by atoms with Crippen LogP contribution in [0.3, 0.4) is 0 Å². The third-order valence-corrected chi connectivity index (χ3v) is 7.37. The maximum absolute atomic E-state index is 12.6. The van der Waals surface area contributed by atoms with Crippen LogP contribution in [0.15, 0.2) is 34.3 Å². The maximum atomic E-state index is 12.6. The van der Waals surface area contributed by atoms with Gasteiger partial charge in [-0.3, -0.25) is 4.79 Å². The van der Waals surface area contributed by atoms with Gasteiger partial charge in [-0.25, -0.2) is 8.42 Å². The zero-order chi connectivity index (χ0) is 18.6. The number of hydrogen-bond acceptors (Lipinski definition) is 8. The van der Waals surface area contributed by atoms with E-state index in [0.717, 1.165) is 19.3 Å². The Hall–Kier alpha value is -1.49. The molecule has 1 N–H and O–H groups in total. The molecule has 1 saturated heterocycles. The number of nitrogens with one attached hydrogen (secondary N) is 1. The first-order valence-corrected chi connectivity index (χ1v) is 11.7. The number of piperidine rings is 1. The molecule has 2 aromatic rings. The first-order valence-electron chi connectivity index (χ1n) is 8.25. The Morgan fingerprint density at radius 3 is 2.54 bits per heavy atom. The molecule has 0 saturated carbocycles. The molecule has 7 nitrogen and oxygen atoms in total. The van der Waals surface area contributed by atoms with Crippen LogP contribution in [0, 0.1) is 0 Å². The summed E-state index contributed by atoms with van der Waals surface area (Å²) in [4.78, 5) is 16.7. The van der Waals surface area contributed by atoms with E-state index in [1.165, 1.54) is 39.7 Å². The largest absolute Gasteiger partial charge is 0.353 e. The highest BCUT2D eigenvalue weighted by Crippen LogP contribution is 2.21. The van der Waals surface area contributed by atoms with Gasteiger partial charge >= 0.3 is 0 Å². The Morgan fingerprint density at radius 1 is 1.23 bits per heavy atom. The van der Waals surface area contributed by atoms with Crippen molar-refractivity contribution in [3.05, 3.63) is 29.8 Å². The molecule has 0 atom stereocenters. The van der Waals surface area contributed by atoms with E-state index in [4.69, 9.17) is 0 Å². The van der Waals surface area contributed by atoms with Crippen LogP contribution >= 0.6 is 23.3 Å². The molecule has 0 spiro atoms. The summed E-state index contributed by atoms with van der Waals surface area (Å²) >= 11 is 2.64. The predicted molar refractivity (Wildman–Crippen MR) is 104 cm³/mol. The molecule has 1 aromatic carbocycles. The molecular formula is C16H20N4O3S3. The summed E-state index contributed by atoms with van der Waals surface area (Å²) < 4.78 is 30.9. The molecule has 0 aliphatic carbocycles. The monoisotopic (exact) mass is 412 g/mol. The van der Waals surface area contributed by atoms with Gasteiger partial charge in [0.25, 0.3) is 0 Å². The van der Waals surface area contributed by atoms with Gasteiger partial charge in [0.2, 0.25) is 20.3 Å². The molecule has 1 aromatic heterocycles. The fourth-order valence-electron chi connectivity index (χ4n) is 2.69. The number of hydrogen-bond donors (Lipinski definition) is 1. The highest BCUT2D eigenvalue weighted by atomic mass is 32.2. The summed E-state index contributed by atoms with van der Waals surface area (Å²) in [6.07, 6.45) is 4.74. The molecule has 0 amide bonds. The second-order valence-corrected chi connectivity index (χ2v) is 9.32. The molecule has 3 rings (SSSR count). The van der Waals surface area contributed by atoms with E-state index < -0.39 is 10.0 Å². The zero-order valence-corrected chi connectivity index (χ0v) is 16.8. The number of ketones is 1. The molecule has 1 aliphatic heterocycles. The van der Waals surface area contributed by atoms with Crippen LogP contribution in [0.4, 0.5) is 5.13 Å². The van der Waals surface area contributed by atoms with Gasteiger partial charge in [-0.1, -0.05) is 18.2 Å². The molecule has 140 valence electrons. The quantitative estimate of drug-likeness (QED) is 0.552. The van der Waals surface area contributed by atoms with E-state index in [9.17, 15) is 13.2 Å². The van der Waals surface area contributed by atoms with Crippen molar-refractivity contribution in [3.8, 4) is 0 Å².